The van der Waals surface area contributed by atoms with Crippen LogP contribution < -0.4 is 0 Å². The van der Waals surface area contributed by atoms with Gasteiger partial charge in [0.1, 0.15) is 5.75 Å². The molecule has 7 heteroatoms. The number of phenolic OH excluding ortho intramolecular Hbond substituents is 1. The van der Waals surface area contributed by atoms with Crippen molar-refractivity contribution in [1.82, 2.24) is 14.8 Å². The summed E-state index contributed by atoms with van der Waals surface area (Å²) in [6.45, 7) is 1.83. The van der Waals surface area contributed by atoms with Gasteiger partial charge in [0.05, 0.1) is 5.75 Å². The summed E-state index contributed by atoms with van der Waals surface area (Å²) in [7, 11) is 0. The molecule has 1 aliphatic rings. The molecule has 110 valence electrons. The van der Waals surface area contributed by atoms with Crippen LogP contribution in [-0.4, -0.2) is 36.7 Å². The molecule has 0 saturated heterocycles. The van der Waals surface area contributed by atoms with Crippen LogP contribution in [0.4, 0.5) is 0 Å². The largest absolute Gasteiger partial charge is 0.508 e. The number of carboxylic acid groups (broad SMARTS) is 1. The summed E-state index contributed by atoms with van der Waals surface area (Å²) in [4.78, 5) is 10.7. The van der Waals surface area contributed by atoms with Gasteiger partial charge in [-0.05, 0) is 25.8 Å². The number of carboxylic acids is 1. The Morgan fingerprint density at radius 2 is 2.19 bits per heavy atom. The van der Waals surface area contributed by atoms with E-state index in [1.165, 1.54) is 11.8 Å². The molecule has 21 heavy (non-hydrogen) atoms. The number of phenols is 1. The van der Waals surface area contributed by atoms with E-state index in [4.69, 9.17) is 5.11 Å². The summed E-state index contributed by atoms with van der Waals surface area (Å²) < 4.78 is 2.00. The first-order valence-electron chi connectivity index (χ1n) is 6.66. The van der Waals surface area contributed by atoms with Crippen molar-refractivity contribution in [2.45, 2.75) is 31.0 Å². The fraction of sp³-hybridized carbons (Fsp3) is 0.357. The van der Waals surface area contributed by atoms with Crippen LogP contribution in [0.5, 0.6) is 5.75 Å². The highest BCUT2D eigenvalue weighted by Crippen LogP contribution is 2.42. The molecular weight excluding hydrogens is 290 g/mol. The lowest BCUT2D eigenvalue weighted by Crippen LogP contribution is -2.03. The van der Waals surface area contributed by atoms with Gasteiger partial charge >= 0.3 is 5.97 Å². The van der Waals surface area contributed by atoms with Gasteiger partial charge in [-0.25, -0.2) is 0 Å². The second kappa shape index (κ2) is 5.40. The maximum Gasteiger partial charge on any atom is 0.313 e. The van der Waals surface area contributed by atoms with Crippen LogP contribution in [0.1, 0.15) is 24.4 Å². The number of nitrogens with zero attached hydrogens (tertiary/aromatic N) is 3. The Kier molecular flexibility index (Phi) is 3.59. The number of benzene rings is 1. The smallest absolute Gasteiger partial charge is 0.313 e. The van der Waals surface area contributed by atoms with Crippen molar-refractivity contribution < 1.29 is 15.0 Å². The Labute approximate surface area is 125 Å². The van der Waals surface area contributed by atoms with E-state index in [9.17, 15) is 9.90 Å². The third-order valence-corrected chi connectivity index (χ3v) is 4.38. The predicted molar refractivity (Wildman–Crippen MR) is 78.5 cm³/mol. The van der Waals surface area contributed by atoms with Crippen molar-refractivity contribution in [2.24, 2.45) is 0 Å². The van der Waals surface area contributed by atoms with Gasteiger partial charge < -0.3 is 10.2 Å². The molecule has 0 spiro atoms. The second-order valence-corrected chi connectivity index (χ2v) is 5.98. The molecule has 0 radical (unpaired) electrons. The topological polar surface area (TPSA) is 88.2 Å². The molecule has 1 aliphatic carbocycles. The standard InChI is InChI=1S/C14H15N3O3S/c1-8-10(3-2-4-11(8)18)13-15-16-14(21-7-12(19)20)17(13)9-5-6-9/h2-4,9,18H,5-7H2,1H3,(H,19,20). The van der Waals surface area contributed by atoms with Crippen LogP contribution in [0.3, 0.4) is 0 Å². The van der Waals surface area contributed by atoms with Crippen LogP contribution >= 0.6 is 11.8 Å². The number of rotatable bonds is 5. The molecule has 0 aliphatic heterocycles. The van der Waals surface area contributed by atoms with E-state index in [-0.39, 0.29) is 11.5 Å². The van der Waals surface area contributed by atoms with Crippen LogP contribution in [-0.2, 0) is 4.79 Å². The lowest BCUT2D eigenvalue weighted by Gasteiger charge is -2.10. The molecule has 0 amide bonds. The lowest BCUT2D eigenvalue weighted by molar-refractivity contribution is -0.133. The van der Waals surface area contributed by atoms with Crippen molar-refractivity contribution in [2.75, 3.05) is 5.75 Å². The van der Waals surface area contributed by atoms with Gasteiger partial charge in [-0.15, -0.1) is 10.2 Å². The highest BCUT2D eigenvalue weighted by molar-refractivity contribution is 7.99. The molecule has 1 aromatic heterocycles. The van der Waals surface area contributed by atoms with E-state index in [1.54, 1.807) is 12.1 Å². The summed E-state index contributed by atoms with van der Waals surface area (Å²) in [5.74, 6) is 0.000889. The van der Waals surface area contributed by atoms with Crippen molar-refractivity contribution in [3.8, 4) is 17.1 Å². The number of thioether (sulfide) groups is 1. The minimum absolute atomic E-state index is 0.0378. The minimum Gasteiger partial charge on any atom is -0.508 e. The first-order chi connectivity index (χ1) is 10.1. The van der Waals surface area contributed by atoms with Gasteiger partial charge in [-0.3, -0.25) is 9.36 Å². The predicted octanol–water partition coefficient (Wildman–Crippen LogP) is 2.47. The zero-order valence-electron chi connectivity index (χ0n) is 11.5. The zero-order valence-corrected chi connectivity index (χ0v) is 12.3. The van der Waals surface area contributed by atoms with E-state index in [0.717, 1.165) is 24.0 Å². The van der Waals surface area contributed by atoms with Gasteiger partial charge in [0.25, 0.3) is 0 Å². The number of hydrogen-bond acceptors (Lipinski definition) is 5. The number of carbonyl (C=O) groups is 1. The number of aromatic hydroxyl groups is 1. The van der Waals surface area contributed by atoms with Gasteiger partial charge in [0.15, 0.2) is 11.0 Å². The molecule has 0 atom stereocenters. The molecule has 6 nitrogen and oxygen atoms in total. The second-order valence-electron chi connectivity index (χ2n) is 5.04. The SMILES string of the molecule is Cc1c(O)cccc1-c1nnc(SCC(=O)O)n1C1CC1. The summed E-state index contributed by atoms with van der Waals surface area (Å²) in [6, 6.07) is 5.63. The fourth-order valence-corrected chi connectivity index (χ4v) is 2.94. The van der Waals surface area contributed by atoms with E-state index in [1.807, 2.05) is 17.6 Å². The van der Waals surface area contributed by atoms with E-state index < -0.39 is 5.97 Å². The van der Waals surface area contributed by atoms with Crippen molar-refractivity contribution in [1.29, 1.82) is 0 Å². The third kappa shape index (κ3) is 2.73. The molecule has 2 N–H and O–H groups in total. The van der Waals surface area contributed by atoms with Crippen LogP contribution in [0, 0.1) is 6.92 Å². The van der Waals surface area contributed by atoms with Crippen molar-refractivity contribution >= 4 is 17.7 Å². The Morgan fingerprint density at radius 1 is 1.43 bits per heavy atom. The first kappa shape index (κ1) is 13.9. The molecular formula is C14H15N3O3S. The molecule has 1 aromatic carbocycles. The number of hydrogen-bond donors (Lipinski definition) is 2. The Morgan fingerprint density at radius 3 is 2.86 bits per heavy atom. The Bertz CT molecular complexity index is 695. The Balaban J connectivity index is 2.02. The third-order valence-electron chi connectivity index (χ3n) is 3.45. The Hall–Kier alpha value is -2.02. The summed E-state index contributed by atoms with van der Waals surface area (Å²) >= 11 is 1.18. The van der Waals surface area contributed by atoms with Gasteiger partial charge in [-0.1, -0.05) is 23.9 Å². The van der Waals surface area contributed by atoms with Crippen molar-refractivity contribution in [3.63, 3.8) is 0 Å². The molecule has 1 heterocycles. The fourth-order valence-electron chi connectivity index (χ4n) is 2.21. The minimum atomic E-state index is -0.875. The molecule has 0 unspecified atom stereocenters. The molecule has 1 saturated carbocycles. The first-order valence-corrected chi connectivity index (χ1v) is 7.65. The summed E-state index contributed by atoms with van der Waals surface area (Å²) in [5, 5.41) is 27.6. The van der Waals surface area contributed by atoms with Crippen LogP contribution in [0.2, 0.25) is 0 Å². The maximum atomic E-state index is 10.7. The van der Waals surface area contributed by atoms with Crippen molar-refractivity contribution in [3.05, 3.63) is 23.8 Å². The van der Waals surface area contributed by atoms with E-state index in [2.05, 4.69) is 10.2 Å². The monoisotopic (exact) mass is 305 g/mol. The average Bonchev–Trinajstić information content (AvgIpc) is 3.20. The number of aliphatic carboxylic acids is 1. The normalized spacial score (nSPS) is 14.3. The summed E-state index contributed by atoms with van der Waals surface area (Å²) in [5.41, 5.74) is 1.58. The highest BCUT2D eigenvalue weighted by Gasteiger charge is 2.30. The summed E-state index contributed by atoms with van der Waals surface area (Å²) in [6.07, 6.45) is 2.09. The van der Waals surface area contributed by atoms with Gasteiger partial charge in [0.2, 0.25) is 0 Å². The van der Waals surface area contributed by atoms with Gasteiger partial charge in [0, 0.05) is 17.2 Å². The molecule has 0 bridgehead atoms. The van der Waals surface area contributed by atoms with Crippen LogP contribution in [0.15, 0.2) is 23.4 Å². The number of aromatic nitrogens is 3. The van der Waals surface area contributed by atoms with E-state index >= 15 is 0 Å². The molecule has 3 rings (SSSR count). The highest BCUT2D eigenvalue weighted by atomic mass is 32.2. The van der Waals surface area contributed by atoms with Gasteiger partial charge in [-0.2, -0.15) is 0 Å². The maximum absolute atomic E-state index is 10.7. The lowest BCUT2D eigenvalue weighted by atomic mass is 10.1. The molecule has 2 aromatic rings. The van der Waals surface area contributed by atoms with E-state index in [0.29, 0.717) is 17.0 Å². The quantitative estimate of drug-likeness (QED) is 0.825. The van der Waals surface area contributed by atoms with Crippen LogP contribution in [0.25, 0.3) is 11.4 Å². The molecule has 1 fully saturated rings. The zero-order chi connectivity index (χ0) is 15.0. The average molecular weight is 305 g/mol.